The molecule has 2 atom stereocenters. The maximum atomic E-state index is 3.66. The molecular formula is C12H19N3. The minimum Gasteiger partial charge on any atom is -0.367 e. The molecule has 0 aliphatic carbocycles. The van der Waals surface area contributed by atoms with Crippen molar-refractivity contribution in [2.24, 2.45) is 0 Å². The summed E-state index contributed by atoms with van der Waals surface area (Å²) in [6.07, 6.45) is 8.29. The largest absolute Gasteiger partial charge is 0.367 e. The monoisotopic (exact) mass is 205 g/mol. The minimum atomic E-state index is 0.547. The zero-order valence-corrected chi connectivity index (χ0v) is 9.08. The molecule has 2 fully saturated rings. The maximum absolute atomic E-state index is 3.66. The van der Waals surface area contributed by atoms with Crippen molar-refractivity contribution in [1.82, 2.24) is 15.2 Å². The molecule has 2 N–H and O–H groups in total. The van der Waals surface area contributed by atoms with E-state index in [9.17, 15) is 0 Å². The summed E-state index contributed by atoms with van der Waals surface area (Å²) >= 11 is 0. The van der Waals surface area contributed by atoms with E-state index >= 15 is 0 Å². The van der Waals surface area contributed by atoms with Crippen LogP contribution in [0, 0.1) is 0 Å². The van der Waals surface area contributed by atoms with Gasteiger partial charge in [-0.2, -0.15) is 0 Å². The number of aromatic nitrogens is 1. The van der Waals surface area contributed by atoms with Crippen molar-refractivity contribution in [3.63, 3.8) is 0 Å². The number of H-pyrrole nitrogens is 1. The lowest BCUT2D eigenvalue weighted by atomic mass is 9.90. The van der Waals surface area contributed by atoms with E-state index in [2.05, 4.69) is 27.5 Å². The van der Waals surface area contributed by atoms with Crippen molar-refractivity contribution in [1.29, 1.82) is 0 Å². The van der Waals surface area contributed by atoms with Crippen molar-refractivity contribution in [3.8, 4) is 0 Å². The van der Waals surface area contributed by atoms with Gasteiger partial charge in [0.05, 0.1) is 0 Å². The number of rotatable bonds is 1. The summed E-state index contributed by atoms with van der Waals surface area (Å²) in [4.78, 5) is 5.83. The van der Waals surface area contributed by atoms with Gasteiger partial charge in [-0.25, -0.2) is 0 Å². The molecule has 2 unspecified atom stereocenters. The molecular weight excluding hydrogens is 186 g/mol. The van der Waals surface area contributed by atoms with E-state index in [0.29, 0.717) is 6.04 Å². The Morgan fingerprint density at radius 1 is 1.27 bits per heavy atom. The third-order valence-corrected chi connectivity index (χ3v) is 3.79. The van der Waals surface area contributed by atoms with Gasteiger partial charge in [0, 0.05) is 37.6 Å². The fourth-order valence-corrected chi connectivity index (χ4v) is 3.04. The fraction of sp³-hybridized carbons (Fsp3) is 0.667. The zero-order chi connectivity index (χ0) is 10.1. The van der Waals surface area contributed by atoms with Gasteiger partial charge in [0.2, 0.25) is 0 Å². The predicted octanol–water partition coefficient (Wildman–Crippen LogP) is 1.51. The molecule has 3 heteroatoms. The normalized spacial score (nSPS) is 32.5. The standard InChI is InChI=1S/C12H19N3/c1-2-7-15-8-6-14-12(11(15)3-1)10-4-5-13-9-10/h4-5,9,11-14H,1-3,6-8H2. The van der Waals surface area contributed by atoms with E-state index in [1.807, 2.05) is 6.20 Å². The highest BCUT2D eigenvalue weighted by Gasteiger charge is 2.33. The van der Waals surface area contributed by atoms with Crippen LogP contribution in [-0.2, 0) is 0 Å². The Kier molecular flexibility index (Phi) is 2.51. The van der Waals surface area contributed by atoms with Crippen molar-refractivity contribution in [2.75, 3.05) is 19.6 Å². The molecule has 0 amide bonds. The molecule has 1 aromatic heterocycles. The van der Waals surface area contributed by atoms with Crippen LogP contribution < -0.4 is 5.32 Å². The lowest BCUT2D eigenvalue weighted by Crippen LogP contribution is -2.54. The summed E-state index contributed by atoms with van der Waals surface area (Å²) in [5, 5.41) is 3.66. The molecule has 3 heterocycles. The third kappa shape index (κ3) is 1.70. The van der Waals surface area contributed by atoms with Gasteiger partial charge >= 0.3 is 0 Å². The quantitative estimate of drug-likeness (QED) is 0.728. The molecule has 15 heavy (non-hydrogen) atoms. The van der Waals surface area contributed by atoms with Crippen molar-refractivity contribution >= 4 is 0 Å². The molecule has 2 aliphatic heterocycles. The van der Waals surface area contributed by atoms with Crippen LogP contribution in [0.2, 0.25) is 0 Å². The average molecular weight is 205 g/mol. The second-order valence-electron chi connectivity index (χ2n) is 4.68. The van der Waals surface area contributed by atoms with Crippen LogP contribution in [0.5, 0.6) is 0 Å². The molecule has 2 aliphatic rings. The molecule has 0 radical (unpaired) electrons. The number of aromatic amines is 1. The molecule has 0 saturated carbocycles. The van der Waals surface area contributed by atoms with Gasteiger partial charge in [0.1, 0.15) is 0 Å². The van der Waals surface area contributed by atoms with Crippen LogP contribution in [0.3, 0.4) is 0 Å². The highest BCUT2D eigenvalue weighted by Crippen LogP contribution is 2.30. The Morgan fingerprint density at radius 3 is 3.13 bits per heavy atom. The molecule has 3 rings (SSSR count). The second kappa shape index (κ2) is 3.99. The van der Waals surface area contributed by atoms with Crippen LogP contribution >= 0.6 is 0 Å². The van der Waals surface area contributed by atoms with Gasteiger partial charge in [-0.05, 0) is 31.0 Å². The lowest BCUT2D eigenvalue weighted by molar-refractivity contribution is 0.0832. The summed E-state index contributed by atoms with van der Waals surface area (Å²) in [5.41, 5.74) is 1.42. The first kappa shape index (κ1) is 9.43. The number of nitrogens with one attached hydrogen (secondary N) is 2. The first-order chi connectivity index (χ1) is 7.45. The minimum absolute atomic E-state index is 0.547. The summed E-state index contributed by atoms with van der Waals surface area (Å²) in [6, 6.07) is 3.48. The number of piperazine rings is 1. The fourth-order valence-electron chi connectivity index (χ4n) is 3.04. The molecule has 0 aromatic carbocycles. The van der Waals surface area contributed by atoms with Gasteiger partial charge < -0.3 is 10.3 Å². The number of nitrogens with zero attached hydrogens (tertiary/aromatic N) is 1. The summed E-state index contributed by atoms with van der Waals surface area (Å²) < 4.78 is 0. The Hall–Kier alpha value is -0.800. The topological polar surface area (TPSA) is 31.1 Å². The molecule has 0 spiro atoms. The van der Waals surface area contributed by atoms with Crippen LogP contribution in [0.15, 0.2) is 18.5 Å². The van der Waals surface area contributed by atoms with E-state index in [1.165, 1.54) is 37.9 Å². The third-order valence-electron chi connectivity index (χ3n) is 3.79. The summed E-state index contributed by atoms with van der Waals surface area (Å²) in [5.74, 6) is 0. The van der Waals surface area contributed by atoms with Crippen LogP contribution in [0.1, 0.15) is 30.9 Å². The van der Waals surface area contributed by atoms with E-state index in [4.69, 9.17) is 0 Å². The van der Waals surface area contributed by atoms with Crippen LogP contribution in [0.4, 0.5) is 0 Å². The SMILES string of the molecule is c1cc(C2NCCN3CCCCC23)c[nH]1. The van der Waals surface area contributed by atoms with Gasteiger partial charge in [-0.15, -0.1) is 0 Å². The Balaban J connectivity index is 1.82. The zero-order valence-electron chi connectivity index (χ0n) is 9.08. The summed E-state index contributed by atoms with van der Waals surface area (Å²) in [7, 11) is 0. The molecule has 0 bridgehead atoms. The van der Waals surface area contributed by atoms with E-state index in [0.717, 1.165) is 12.6 Å². The Morgan fingerprint density at radius 2 is 2.27 bits per heavy atom. The first-order valence-electron chi connectivity index (χ1n) is 6.05. The van der Waals surface area contributed by atoms with E-state index in [1.54, 1.807) is 0 Å². The maximum Gasteiger partial charge on any atom is 0.0493 e. The average Bonchev–Trinajstić information content (AvgIpc) is 2.82. The number of fused-ring (bicyclic) bond motifs is 1. The molecule has 1 aromatic rings. The molecule has 82 valence electrons. The van der Waals surface area contributed by atoms with Gasteiger partial charge in [0.25, 0.3) is 0 Å². The number of piperidine rings is 1. The highest BCUT2D eigenvalue weighted by molar-refractivity contribution is 5.17. The first-order valence-corrected chi connectivity index (χ1v) is 6.05. The smallest absolute Gasteiger partial charge is 0.0493 e. The van der Waals surface area contributed by atoms with Crippen molar-refractivity contribution < 1.29 is 0 Å². The van der Waals surface area contributed by atoms with E-state index < -0.39 is 0 Å². The lowest BCUT2D eigenvalue weighted by Gasteiger charge is -2.44. The number of hydrogen-bond acceptors (Lipinski definition) is 2. The molecule has 3 nitrogen and oxygen atoms in total. The van der Waals surface area contributed by atoms with Crippen molar-refractivity contribution in [3.05, 3.63) is 24.0 Å². The Bertz CT molecular complexity index is 305. The Labute approximate surface area is 90.9 Å². The molecule has 2 saturated heterocycles. The predicted molar refractivity (Wildman–Crippen MR) is 60.7 cm³/mol. The van der Waals surface area contributed by atoms with Crippen LogP contribution in [-0.4, -0.2) is 35.6 Å². The highest BCUT2D eigenvalue weighted by atomic mass is 15.2. The van der Waals surface area contributed by atoms with Crippen LogP contribution in [0.25, 0.3) is 0 Å². The second-order valence-corrected chi connectivity index (χ2v) is 4.68. The van der Waals surface area contributed by atoms with Crippen molar-refractivity contribution in [2.45, 2.75) is 31.3 Å². The summed E-state index contributed by atoms with van der Waals surface area (Å²) in [6.45, 7) is 3.66. The van der Waals surface area contributed by atoms with Gasteiger partial charge in [-0.3, -0.25) is 4.90 Å². The van der Waals surface area contributed by atoms with Gasteiger partial charge in [-0.1, -0.05) is 6.42 Å². The van der Waals surface area contributed by atoms with Gasteiger partial charge in [0.15, 0.2) is 0 Å². The number of hydrogen-bond donors (Lipinski definition) is 2. The van der Waals surface area contributed by atoms with E-state index in [-0.39, 0.29) is 0 Å².